The smallest absolute Gasteiger partial charge is 0.306 e. The number of likely N-dealkylation sites (N-methyl/N-ethyl adjacent to an activating group) is 1. The summed E-state index contributed by atoms with van der Waals surface area (Å²) in [7, 11) is 1.17. The van der Waals surface area contributed by atoms with Crippen molar-refractivity contribution >= 4 is 19.7 Å². The van der Waals surface area contributed by atoms with Gasteiger partial charge in [0.25, 0.3) is 7.82 Å². The van der Waals surface area contributed by atoms with Gasteiger partial charge in [0, 0.05) is 12.8 Å². The van der Waals surface area contributed by atoms with E-state index in [1.165, 1.54) is 128 Å². The minimum Gasteiger partial charge on any atom is -0.756 e. The number of amides is 1. The van der Waals surface area contributed by atoms with Gasteiger partial charge in [-0.25, -0.2) is 0 Å². The first kappa shape index (κ1) is 74.2. The van der Waals surface area contributed by atoms with Crippen LogP contribution in [0.1, 0.15) is 278 Å². The summed E-state index contributed by atoms with van der Waals surface area (Å²) in [5.74, 6) is -0.557. The molecule has 9 nitrogen and oxygen atoms in total. The Labute approximate surface area is 476 Å². The van der Waals surface area contributed by atoms with Crippen molar-refractivity contribution in [2.75, 3.05) is 40.9 Å². The molecule has 3 atom stereocenters. The van der Waals surface area contributed by atoms with E-state index in [2.05, 4.69) is 99.0 Å². The number of nitrogens with zero attached hydrogens (tertiary/aromatic N) is 1. The molecule has 0 fully saturated rings. The molecular weight excluding hydrogens is 976 g/mol. The SMILES string of the molecule is CC/C=C\C/C=C\C/C=C\C/C=C\C/C=C\CCCCCCCCCC(=O)OC(/C=C\CCCCCCCCCCCCC)C(COP(=O)([O-])OCC[N+](C)(C)C)NC(=O)CCCCCCCCC/C=C\CCCCCC. The van der Waals surface area contributed by atoms with Gasteiger partial charge in [0.1, 0.15) is 19.3 Å². The summed E-state index contributed by atoms with van der Waals surface area (Å²) in [5.41, 5.74) is 0. The number of rotatable bonds is 57. The normalized spacial score (nSPS) is 14.2. The van der Waals surface area contributed by atoms with Crippen LogP contribution in [0.25, 0.3) is 0 Å². The van der Waals surface area contributed by atoms with E-state index in [9.17, 15) is 19.0 Å². The highest BCUT2D eigenvalue weighted by Gasteiger charge is 2.27. The van der Waals surface area contributed by atoms with Crippen molar-refractivity contribution in [3.05, 3.63) is 85.1 Å². The highest BCUT2D eigenvalue weighted by Crippen LogP contribution is 2.38. The lowest BCUT2D eigenvalue weighted by Crippen LogP contribution is -2.47. The Morgan fingerprint density at radius 1 is 0.468 bits per heavy atom. The third kappa shape index (κ3) is 57.7. The number of phosphoric acid groups is 1. The van der Waals surface area contributed by atoms with Gasteiger partial charge in [-0.1, -0.05) is 247 Å². The van der Waals surface area contributed by atoms with Crippen LogP contribution in [-0.2, 0) is 27.9 Å². The Hall–Kier alpha value is -2.81. The van der Waals surface area contributed by atoms with E-state index in [1.807, 2.05) is 33.3 Å². The second-order valence-corrected chi connectivity index (χ2v) is 23.9. The Morgan fingerprint density at radius 2 is 0.831 bits per heavy atom. The summed E-state index contributed by atoms with van der Waals surface area (Å²) in [5, 5.41) is 3.03. The number of carbonyl (C=O) groups excluding carboxylic acids is 2. The molecule has 0 spiro atoms. The van der Waals surface area contributed by atoms with Gasteiger partial charge >= 0.3 is 5.97 Å². The Kier molecular flexibility index (Phi) is 54.4. The first-order valence-corrected chi connectivity index (χ1v) is 33.4. The van der Waals surface area contributed by atoms with E-state index in [0.29, 0.717) is 23.9 Å². The molecule has 1 N–H and O–H groups in total. The van der Waals surface area contributed by atoms with Crippen molar-refractivity contribution in [2.45, 2.75) is 290 Å². The molecule has 1 amide bonds. The van der Waals surface area contributed by atoms with Crippen LogP contribution in [0.2, 0.25) is 0 Å². The summed E-state index contributed by atoms with van der Waals surface area (Å²) in [6, 6.07) is -0.899. The van der Waals surface area contributed by atoms with Crippen LogP contribution in [0.4, 0.5) is 0 Å². The lowest BCUT2D eigenvalue weighted by atomic mass is 10.0. The van der Waals surface area contributed by atoms with Crippen LogP contribution < -0.4 is 10.2 Å². The molecule has 0 saturated heterocycles. The molecule has 3 unspecified atom stereocenters. The van der Waals surface area contributed by atoms with Crippen LogP contribution in [0.3, 0.4) is 0 Å². The first-order valence-electron chi connectivity index (χ1n) is 31.9. The molecule has 0 radical (unpaired) electrons. The number of ether oxygens (including phenoxy) is 1. The maximum Gasteiger partial charge on any atom is 0.306 e. The number of esters is 1. The fourth-order valence-corrected chi connectivity index (χ4v) is 9.62. The lowest BCUT2D eigenvalue weighted by Gasteiger charge is -2.30. The van der Waals surface area contributed by atoms with Crippen molar-refractivity contribution in [1.29, 1.82) is 0 Å². The van der Waals surface area contributed by atoms with Gasteiger partial charge in [-0.2, -0.15) is 0 Å². The molecule has 0 heterocycles. The maximum atomic E-state index is 13.5. The van der Waals surface area contributed by atoms with Gasteiger partial charge in [-0.3, -0.25) is 14.2 Å². The van der Waals surface area contributed by atoms with Crippen LogP contribution in [0.5, 0.6) is 0 Å². The van der Waals surface area contributed by atoms with Gasteiger partial charge in [0.05, 0.1) is 33.8 Å². The third-order valence-corrected chi connectivity index (χ3v) is 14.8. The van der Waals surface area contributed by atoms with E-state index in [-0.39, 0.29) is 24.9 Å². The molecule has 446 valence electrons. The van der Waals surface area contributed by atoms with Gasteiger partial charge in [0.2, 0.25) is 5.91 Å². The fraction of sp³-hybridized carbons (Fsp3) is 0.761. The summed E-state index contributed by atoms with van der Waals surface area (Å²) < 4.78 is 30.3. The predicted octanol–water partition coefficient (Wildman–Crippen LogP) is 19.1. The highest BCUT2D eigenvalue weighted by atomic mass is 31.2. The maximum absolute atomic E-state index is 13.5. The van der Waals surface area contributed by atoms with Crippen LogP contribution in [0.15, 0.2) is 85.1 Å². The van der Waals surface area contributed by atoms with Crippen molar-refractivity contribution in [2.24, 2.45) is 0 Å². The quantitative estimate of drug-likeness (QED) is 0.0212. The molecule has 0 rings (SSSR count). The van der Waals surface area contributed by atoms with Gasteiger partial charge in [-0.15, -0.1) is 0 Å². The zero-order valence-electron chi connectivity index (χ0n) is 50.9. The summed E-state index contributed by atoms with van der Waals surface area (Å²) in [6.07, 6.45) is 74.0. The second-order valence-electron chi connectivity index (χ2n) is 22.5. The number of phosphoric ester groups is 1. The number of carbonyl (C=O) groups is 2. The predicted molar refractivity (Wildman–Crippen MR) is 330 cm³/mol. The number of hydrogen-bond acceptors (Lipinski definition) is 7. The molecule has 0 aromatic heterocycles. The van der Waals surface area contributed by atoms with Crippen molar-refractivity contribution in [3.8, 4) is 0 Å². The minimum absolute atomic E-state index is 0.0279. The number of hydrogen-bond donors (Lipinski definition) is 1. The molecule has 77 heavy (non-hydrogen) atoms. The molecule has 0 aliphatic heterocycles. The van der Waals surface area contributed by atoms with Gasteiger partial charge < -0.3 is 28.5 Å². The van der Waals surface area contributed by atoms with Crippen molar-refractivity contribution < 1.29 is 37.3 Å². The van der Waals surface area contributed by atoms with Crippen LogP contribution in [-0.4, -0.2) is 69.4 Å². The van der Waals surface area contributed by atoms with E-state index in [4.69, 9.17) is 13.8 Å². The van der Waals surface area contributed by atoms with E-state index in [1.54, 1.807) is 0 Å². The molecule has 10 heteroatoms. The van der Waals surface area contributed by atoms with Crippen LogP contribution in [0, 0.1) is 0 Å². The van der Waals surface area contributed by atoms with Gasteiger partial charge in [0.15, 0.2) is 0 Å². The average Bonchev–Trinajstić information content (AvgIpc) is 3.39. The molecule has 0 aromatic carbocycles. The van der Waals surface area contributed by atoms with E-state index in [0.717, 1.165) is 109 Å². The largest absolute Gasteiger partial charge is 0.756 e. The van der Waals surface area contributed by atoms with Crippen molar-refractivity contribution in [1.82, 2.24) is 5.32 Å². The zero-order chi connectivity index (χ0) is 56.4. The third-order valence-electron chi connectivity index (χ3n) is 13.8. The number of quaternary nitrogens is 1. The average molecular weight is 1100 g/mol. The molecule has 0 aliphatic carbocycles. The Morgan fingerprint density at radius 3 is 1.27 bits per heavy atom. The topological polar surface area (TPSA) is 114 Å². The minimum atomic E-state index is -4.71. The molecular formula is C67H121N2O7P. The van der Waals surface area contributed by atoms with Crippen LogP contribution >= 0.6 is 7.82 Å². The summed E-state index contributed by atoms with van der Waals surface area (Å²) >= 11 is 0. The Bertz CT molecular complexity index is 1590. The van der Waals surface area contributed by atoms with E-state index < -0.39 is 26.6 Å². The molecule has 0 bridgehead atoms. The standard InChI is InChI=1S/C67H121N2O7P/c1-7-10-13-16-19-22-25-28-30-31-32-33-34-35-36-37-39-42-45-48-51-54-57-60-67(71)76-65(58-55-52-49-46-43-40-27-24-21-18-15-12-9-3)64(63-75-77(72,73)74-62-61-69(4,5)6)68-66(70)59-56-53-50-47-44-41-38-29-26-23-20-17-14-11-8-2/h10,13,19,22-23,26,28,30,32-33,35-36,55,58,64-65H,7-9,11-12,14-18,20-21,24-25,27,29,31,34,37-54,56-57,59-63H2,1-6H3,(H-,68,70,72,73)/b13-10-,22-19-,26-23-,30-28-,33-32-,36-35-,58-55-. The number of unbranched alkanes of at least 4 members (excludes halogenated alkanes) is 29. The number of allylic oxidation sites excluding steroid dienone is 13. The monoisotopic (exact) mass is 1100 g/mol. The number of nitrogens with one attached hydrogen (secondary N) is 1. The zero-order valence-corrected chi connectivity index (χ0v) is 51.8. The van der Waals surface area contributed by atoms with Crippen molar-refractivity contribution in [3.63, 3.8) is 0 Å². The first-order chi connectivity index (χ1) is 37.4. The Balaban J connectivity index is 5.25. The van der Waals surface area contributed by atoms with E-state index >= 15 is 0 Å². The lowest BCUT2D eigenvalue weighted by molar-refractivity contribution is -0.870. The second kappa shape index (κ2) is 56.5. The highest BCUT2D eigenvalue weighted by molar-refractivity contribution is 7.45. The molecule has 0 aromatic rings. The molecule has 0 saturated carbocycles. The molecule has 0 aliphatic rings. The summed E-state index contributed by atoms with van der Waals surface area (Å²) in [6.45, 7) is 6.72. The summed E-state index contributed by atoms with van der Waals surface area (Å²) in [4.78, 5) is 40.0. The van der Waals surface area contributed by atoms with Gasteiger partial charge in [-0.05, 0) is 102 Å². The fourth-order valence-electron chi connectivity index (χ4n) is 8.90.